The fraction of sp³-hybridized carbons (Fsp3) is 0.444. The first kappa shape index (κ1) is 35.1. The molecule has 0 fully saturated rings. The van der Waals surface area contributed by atoms with Crippen molar-refractivity contribution in [3.05, 3.63) is 58.7 Å². The molecule has 0 aliphatic heterocycles. The van der Waals surface area contributed by atoms with Gasteiger partial charge in [-0.25, -0.2) is 0 Å². The third kappa shape index (κ3) is 7.30. The van der Waals surface area contributed by atoms with E-state index in [0.29, 0.717) is 46.0 Å². The highest BCUT2D eigenvalue weighted by atomic mass is 16.5. The van der Waals surface area contributed by atoms with Crippen molar-refractivity contribution in [1.29, 1.82) is 0 Å². The summed E-state index contributed by atoms with van der Waals surface area (Å²) in [6, 6.07) is 11.5. The van der Waals surface area contributed by atoms with Gasteiger partial charge in [0.1, 0.15) is 17.2 Å². The predicted octanol–water partition coefficient (Wildman–Crippen LogP) is 7.78. The van der Waals surface area contributed by atoms with E-state index >= 15 is 0 Å². The molecule has 0 aromatic heterocycles. The molecular weight excluding hydrogens is 576 g/mol. The van der Waals surface area contributed by atoms with Gasteiger partial charge >= 0.3 is 0 Å². The van der Waals surface area contributed by atoms with Crippen molar-refractivity contribution in [2.24, 2.45) is 5.92 Å². The van der Waals surface area contributed by atoms with Crippen molar-refractivity contribution in [1.82, 2.24) is 0 Å². The molecule has 3 aromatic carbocycles. The predicted molar refractivity (Wildman–Crippen MR) is 177 cm³/mol. The Morgan fingerprint density at radius 1 is 0.511 bits per heavy atom. The molecule has 0 saturated heterocycles. The van der Waals surface area contributed by atoms with Gasteiger partial charge in [0, 0.05) is 40.8 Å². The second-order valence-corrected chi connectivity index (χ2v) is 10.6. The van der Waals surface area contributed by atoms with Gasteiger partial charge in [0.05, 0.1) is 64.0 Å². The average Bonchev–Trinajstić information content (AvgIpc) is 3.07. The van der Waals surface area contributed by atoms with E-state index in [-0.39, 0.29) is 17.8 Å². The monoisotopic (exact) mass is 624 g/mol. The van der Waals surface area contributed by atoms with E-state index in [1.54, 1.807) is 64.0 Å². The maximum Gasteiger partial charge on any atom is 0.164 e. The average molecular weight is 625 g/mol. The third-order valence-electron chi connectivity index (χ3n) is 8.42. The van der Waals surface area contributed by atoms with Crippen molar-refractivity contribution in [3.8, 4) is 51.7 Å². The van der Waals surface area contributed by atoms with Crippen molar-refractivity contribution in [2.45, 2.75) is 39.0 Å². The van der Waals surface area contributed by atoms with Gasteiger partial charge in [0.25, 0.3) is 0 Å². The molecule has 0 bridgehead atoms. The zero-order chi connectivity index (χ0) is 33.3. The van der Waals surface area contributed by atoms with Crippen LogP contribution >= 0.6 is 0 Å². The lowest BCUT2D eigenvalue weighted by atomic mass is 9.71. The largest absolute Gasteiger partial charge is 0.496 e. The summed E-state index contributed by atoms with van der Waals surface area (Å²) >= 11 is 0. The Kier molecular flexibility index (Phi) is 12.5. The second-order valence-electron chi connectivity index (χ2n) is 10.6. The first-order valence-electron chi connectivity index (χ1n) is 14.8. The zero-order valence-electron chi connectivity index (χ0n) is 28.7. The van der Waals surface area contributed by atoms with Crippen LogP contribution in [-0.2, 0) is 0 Å². The molecule has 0 N–H and O–H groups in total. The van der Waals surface area contributed by atoms with Gasteiger partial charge in [-0.2, -0.15) is 0 Å². The summed E-state index contributed by atoms with van der Waals surface area (Å²) in [5.41, 5.74) is 3.89. The highest BCUT2D eigenvalue weighted by Gasteiger charge is 2.34. The topological polar surface area (TPSA) is 83.1 Å². The van der Waals surface area contributed by atoms with Crippen molar-refractivity contribution in [3.63, 3.8) is 0 Å². The van der Waals surface area contributed by atoms with Gasteiger partial charge in [-0.05, 0) is 43.4 Å². The molecule has 0 heterocycles. The molecule has 45 heavy (non-hydrogen) atoms. The number of benzene rings is 3. The standard InChI is InChI=1S/C36H48O9/c1-13-24(25-16-31(41-8)34(44-11)19-28(25)38-5)22(3)36(26-17-32(42-9)35(45-12)20-29(26)39-6)21(2)14-23-15-30(40-7)33(43-10)18-27(23)37-4/h14-20,22,24,36H,13H2,1-12H3/b21-14+/t22-,24+,36+/m0/s1. The Labute approximate surface area is 267 Å². The normalized spacial score (nSPS) is 13.3. The molecule has 3 atom stereocenters. The fourth-order valence-electron chi connectivity index (χ4n) is 6.19. The lowest BCUT2D eigenvalue weighted by Gasteiger charge is -2.34. The van der Waals surface area contributed by atoms with E-state index in [9.17, 15) is 0 Å². The van der Waals surface area contributed by atoms with Gasteiger partial charge in [-0.1, -0.05) is 25.5 Å². The Hall–Kier alpha value is -4.40. The number of hydrogen-bond donors (Lipinski definition) is 0. The van der Waals surface area contributed by atoms with Gasteiger partial charge in [0.2, 0.25) is 0 Å². The van der Waals surface area contributed by atoms with Gasteiger partial charge in [0.15, 0.2) is 34.5 Å². The number of hydrogen-bond acceptors (Lipinski definition) is 9. The molecule has 0 radical (unpaired) electrons. The Morgan fingerprint density at radius 3 is 1.29 bits per heavy atom. The van der Waals surface area contributed by atoms with Crippen LogP contribution in [0, 0.1) is 5.92 Å². The summed E-state index contributed by atoms with van der Waals surface area (Å²) in [4.78, 5) is 0. The summed E-state index contributed by atoms with van der Waals surface area (Å²) in [6.45, 7) is 6.54. The summed E-state index contributed by atoms with van der Waals surface area (Å²) in [5.74, 6) is 5.62. The van der Waals surface area contributed by atoms with Crippen LogP contribution < -0.4 is 42.6 Å². The Morgan fingerprint density at radius 2 is 0.867 bits per heavy atom. The molecule has 0 aliphatic rings. The summed E-state index contributed by atoms with van der Waals surface area (Å²) in [7, 11) is 14.7. The molecule has 0 saturated carbocycles. The summed E-state index contributed by atoms with van der Waals surface area (Å²) in [5, 5.41) is 0. The minimum atomic E-state index is -0.152. The van der Waals surface area contributed by atoms with Crippen molar-refractivity contribution < 1.29 is 42.6 Å². The van der Waals surface area contributed by atoms with Crippen LogP contribution in [-0.4, -0.2) is 64.0 Å². The first-order chi connectivity index (χ1) is 21.7. The fourth-order valence-corrected chi connectivity index (χ4v) is 6.19. The van der Waals surface area contributed by atoms with Gasteiger partial charge in [-0.15, -0.1) is 0 Å². The van der Waals surface area contributed by atoms with E-state index in [2.05, 4.69) is 26.8 Å². The molecular formula is C36H48O9. The molecule has 0 unspecified atom stereocenters. The maximum absolute atomic E-state index is 5.98. The van der Waals surface area contributed by atoms with E-state index in [4.69, 9.17) is 42.6 Å². The van der Waals surface area contributed by atoms with E-state index in [1.807, 2.05) is 36.4 Å². The smallest absolute Gasteiger partial charge is 0.164 e. The highest BCUT2D eigenvalue weighted by Crippen LogP contribution is 2.51. The van der Waals surface area contributed by atoms with E-state index in [1.165, 1.54) is 0 Å². The molecule has 3 rings (SSSR count). The quantitative estimate of drug-likeness (QED) is 0.159. The summed E-state index contributed by atoms with van der Waals surface area (Å²) in [6.07, 6.45) is 2.95. The van der Waals surface area contributed by atoms with Crippen molar-refractivity contribution in [2.75, 3.05) is 64.0 Å². The van der Waals surface area contributed by atoms with Crippen LogP contribution in [0.1, 0.15) is 55.7 Å². The molecule has 0 aliphatic carbocycles. The number of ether oxygens (including phenoxy) is 9. The van der Waals surface area contributed by atoms with E-state index < -0.39 is 0 Å². The molecule has 3 aromatic rings. The number of methoxy groups -OCH3 is 9. The lowest BCUT2D eigenvalue weighted by molar-refractivity contribution is 0.332. The van der Waals surface area contributed by atoms with Gasteiger partial charge in [-0.3, -0.25) is 0 Å². The minimum absolute atomic E-state index is 0.0244. The Balaban J connectivity index is 2.35. The van der Waals surface area contributed by atoms with E-state index in [0.717, 1.165) is 34.4 Å². The second kappa shape index (κ2) is 16.1. The van der Waals surface area contributed by atoms with Crippen LogP contribution in [0.3, 0.4) is 0 Å². The highest BCUT2D eigenvalue weighted by molar-refractivity contribution is 5.67. The summed E-state index contributed by atoms with van der Waals surface area (Å²) < 4.78 is 51.5. The minimum Gasteiger partial charge on any atom is -0.496 e. The maximum atomic E-state index is 5.98. The van der Waals surface area contributed by atoms with Gasteiger partial charge < -0.3 is 42.6 Å². The molecule has 246 valence electrons. The number of allylic oxidation sites excluding steroid dienone is 1. The van der Waals surface area contributed by atoms with Crippen LogP contribution in [0.2, 0.25) is 0 Å². The zero-order valence-corrected chi connectivity index (χ0v) is 28.7. The van der Waals surface area contributed by atoms with Crippen LogP contribution in [0.5, 0.6) is 51.7 Å². The first-order valence-corrected chi connectivity index (χ1v) is 14.8. The Bertz CT molecular complexity index is 1460. The van der Waals surface area contributed by atoms with Crippen LogP contribution in [0.4, 0.5) is 0 Å². The lowest BCUT2D eigenvalue weighted by Crippen LogP contribution is -2.21. The SMILES string of the molecule is CC[C@@H](c1cc(OC)c(OC)cc1OC)[C@H](C)[C@@H](/C(C)=C/c1cc(OC)c(OC)cc1OC)c1cc(OC)c(OC)cc1OC. The van der Waals surface area contributed by atoms with Crippen LogP contribution in [0.15, 0.2) is 42.0 Å². The molecule has 9 nitrogen and oxygen atoms in total. The molecule has 0 spiro atoms. The van der Waals surface area contributed by atoms with Crippen molar-refractivity contribution >= 4 is 6.08 Å². The van der Waals surface area contributed by atoms with Crippen LogP contribution in [0.25, 0.3) is 6.08 Å². The third-order valence-corrected chi connectivity index (χ3v) is 8.42. The number of rotatable bonds is 16. The molecule has 9 heteroatoms. The molecule has 0 amide bonds.